The minimum atomic E-state index is 0.935. The van der Waals surface area contributed by atoms with Gasteiger partial charge in [-0.25, -0.2) is 0 Å². The molecule has 0 fully saturated rings. The highest BCUT2D eigenvalue weighted by molar-refractivity contribution is 5.85. The van der Waals surface area contributed by atoms with Gasteiger partial charge in [0.25, 0.3) is 0 Å². The molecule has 0 amide bonds. The molecule has 0 saturated heterocycles. The standard InChI is InChI=1S/C18H18N2/c1-3-15-11-18-16(17(4-2)20-15)10-14(12-19-18)13-8-6-5-7-9-13/h5-12H,3-4H2,1-2H3. The number of fused-ring (bicyclic) bond motifs is 1. The molecule has 1 aromatic carbocycles. The van der Waals surface area contributed by atoms with Gasteiger partial charge in [0.15, 0.2) is 0 Å². The molecule has 0 aliphatic rings. The van der Waals surface area contributed by atoms with E-state index in [4.69, 9.17) is 4.98 Å². The molecule has 2 aromatic heterocycles. The van der Waals surface area contributed by atoms with Crippen molar-refractivity contribution in [1.82, 2.24) is 9.97 Å². The van der Waals surface area contributed by atoms with Crippen LogP contribution in [0.25, 0.3) is 22.0 Å². The molecule has 2 nitrogen and oxygen atoms in total. The summed E-state index contributed by atoms with van der Waals surface area (Å²) in [7, 11) is 0. The van der Waals surface area contributed by atoms with Crippen LogP contribution in [0.5, 0.6) is 0 Å². The maximum absolute atomic E-state index is 4.73. The molecule has 0 radical (unpaired) electrons. The number of aromatic nitrogens is 2. The summed E-state index contributed by atoms with van der Waals surface area (Å²) in [6.07, 6.45) is 3.84. The molecule has 0 unspecified atom stereocenters. The summed E-state index contributed by atoms with van der Waals surface area (Å²) in [5.74, 6) is 0. The van der Waals surface area contributed by atoms with Crippen molar-refractivity contribution in [3.63, 3.8) is 0 Å². The lowest BCUT2D eigenvalue weighted by Gasteiger charge is -2.08. The lowest BCUT2D eigenvalue weighted by molar-refractivity contribution is 0.969. The molecule has 0 aliphatic heterocycles. The smallest absolute Gasteiger partial charge is 0.0738 e. The van der Waals surface area contributed by atoms with Gasteiger partial charge in [-0.2, -0.15) is 0 Å². The maximum atomic E-state index is 4.73. The third-order valence-corrected chi connectivity index (χ3v) is 3.62. The van der Waals surface area contributed by atoms with Gasteiger partial charge in [0, 0.05) is 28.5 Å². The average Bonchev–Trinajstić information content (AvgIpc) is 2.54. The molecule has 0 atom stereocenters. The van der Waals surface area contributed by atoms with Gasteiger partial charge in [0.2, 0.25) is 0 Å². The van der Waals surface area contributed by atoms with Crippen LogP contribution in [-0.4, -0.2) is 9.97 Å². The summed E-state index contributed by atoms with van der Waals surface area (Å²) < 4.78 is 0. The first-order chi connectivity index (χ1) is 9.81. The first kappa shape index (κ1) is 12.8. The van der Waals surface area contributed by atoms with Crippen LogP contribution in [0, 0.1) is 0 Å². The van der Waals surface area contributed by atoms with E-state index in [-0.39, 0.29) is 0 Å². The Kier molecular flexibility index (Phi) is 3.46. The summed E-state index contributed by atoms with van der Waals surface area (Å²) in [5.41, 5.74) is 5.66. The Morgan fingerprint density at radius 3 is 2.40 bits per heavy atom. The first-order valence-corrected chi connectivity index (χ1v) is 7.15. The van der Waals surface area contributed by atoms with Crippen LogP contribution in [0.15, 0.2) is 48.7 Å². The Balaban J connectivity index is 2.20. The molecule has 0 spiro atoms. The fourth-order valence-electron chi connectivity index (χ4n) is 2.48. The van der Waals surface area contributed by atoms with Crippen LogP contribution < -0.4 is 0 Å². The second-order valence-corrected chi connectivity index (χ2v) is 4.92. The van der Waals surface area contributed by atoms with E-state index >= 15 is 0 Å². The van der Waals surface area contributed by atoms with Crippen molar-refractivity contribution in [3.05, 3.63) is 60.0 Å². The zero-order valence-electron chi connectivity index (χ0n) is 11.9. The SMILES string of the molecule is CCc1cc2ncc(-c3ccccc3)cc2c(CC)n1. The highest BCUT2D eigenvalue weighted by atomic mass is 14.7. The fraction of sp³-hybridized carbons (Fsp3) is 0.222. The molecule has 0 aliphatic carbocycles. The number of nitrogens with zero attached hydrogens (tertiary/aromatic N) is 2. The third kappa shape index (κ3) is 2.29. The van der Waals surface area contributed by atoms with Gasteiger partial charge in [0.1, 0.15) is 0 Å². The quantitative estimate of drug-likeness (QED) is 0.698. The van der Waals surface area contributed by atoms with Crippen LogP contribution in [-0.2, 0) is 12.8 Å². The zero-order chi connectivity index (χ0) is 13.9. The summed E-state index contributed by atoms with van der Waals surface area (Å²) in [6.45, 7) is 4.28. The summed E-state index contributed by atoms with van der Waals surface area (Å²) >= 11 is 0. The van der Waals surface area contributed by atoms with Crippen molar-refractivity contribution in [2.75, 3.05) is 0 Å². The Labute approximate surface area is 119 Å². The molecule has 2 heterocycles. The fourth-order valence-corrected chi connectivity index (χ4v) is 2.48. The van der Waals surface area contributed by atoms with Gasteiger partial charge >= 0.3 is 0 Å². The molecule has 2 heteroatoms. The topological polar surface area (TPSA) is 25.8 Å². The second kappa shape index (κ2) is 5.41. The van der Waals surface area contributed by atoms with Crippen molar-refractivity contribution in [2.24, 2.45) is 0 Å². The first-order valence-electron chi connectivity index (χ1n) is 7.15. The normalized spacial score (nSPS) is 10.9. The summed E-state index contributed by atoms with van der Waals surface area (Å²) in [5, 5.41) is 1.17. The molecular formula is C18H18N2. The highest BCUT2D eigenvalue weighted by Crippen LogP contribution is 2.25. The van der Waals surface area contributed by atoms with Gasteiger partial charge < -0.3 is 0 Å². The third-order valence-electron chi connectivity index (χ3n) is 3.62. The van der Waals surface area contributed by atoms with E-state index in [1.54, 1.807) is 0 Å². The molecule has 100 valence electrons. The predicted molar refractivity (Wildman–Crippen MR) is 83.7 cm³/mol. The van der Waals surface area contributed by atoms with E-state index < -0.39 is 0 Å². The predicted octanol–water partition coefficient (Wildman–Crippen LogP) is 4.42. The summed E-state index contributed by atoms with van der Waals surface area (Å²) in [6, 6.07) is 14.7. The van der Waals surface area contributed by atoms with Crippen molar-refractivity contribution < 1.29 is 0 Å². The minimum absolute atomic E-state index is 0.935. The van der Waals surface area contributed by atoms with Crippen molar-refractivity contribution >= 4 is 10.9 Å². The van der Waals surface area contributed by atoms with E-state index in [0.29, 0.717) is 0 Å². The van der Waals surface area contributed by atoms with E-state index in [9.17, 15) is 0 Å². The average molecular weight is 262 g/mol. The Hall–Kier alpha value is -2.22. The Morgan fingerprint density at radius 1 is 0.900 bits per heavy atom. The second-order valence-electron chi connectivity index (χ2n) is 4.92. The van der Waals surface area contributed by atoms with Crippen molar-refractivity contribution in [1.29, 1.82) is 0 Å². The molecule has 0 saturated carbocycles. The lowest BCUT2D eigenvalue weighted by atomic mass is 10.0. The van der Waals surface area contributed by atoms with Crippen LogP contribution >= 0.6 is 0 Å². The van der Waals surface area contributed by atoms with Crippen molar-refractivity contribution in [3.8, 4) is 11.1 Å². The van der Waals surface area contributed by atoms with Gasteiger partial charge in [-0.3, -0.25) is 9.97 Å². The van der Waals surface area contributed by atoms with Crippen LogP contribution in [0.2, 0.25) is 0 Å². The zero-order valence-corrected chi connectivity index (χ0v) is 11.9. The molecule has 0 bridgehead atoms. The van der Waals surface area contributed by atoms with Gasteiger partial charge in [-0.1, -0.05) is 44.2 Å². The lowest BCUT2D eigenvalue weighted by Crippen LogP contribution is -1.97. The molecule has 3 rings (SSSR count). The number of rotatable bonds is 3. The van der Waals surface area contributed by atoms with Gasteiger partial charge in [-0.15, -0.1) is 0 Å². The van der Waals surface area contributed by atoms with Gasteiger partial charge in [0.05, 0.1) is 5.52 Å². The number of hydrogen-bond acceptors (Lipinski definition) is 2. The van der Waals surface area contributed by atoms with Crippen LogP contribution in [0.3, 0.4) is 0 Å². The highest BCUT2D eigenvalue weighted by Gasteiger charge is 2.07. The molecule has 3 aromatic rings. The van der Waals surface area contributed by atoms with E-state index in [2.05, 4.69) is 55.2 Å². The number of benzene rings is 1. The number of aryl methyl sites for hydroxylation is 2. The number of hydrogen-bond donors (Lipinski definition) is 0. The summed E-state index contributed by atoms with van der Waals surface area (Å²) in [4.78, 5) is 9.37. The maximum Gasteiger partial charge on any atom is 0.0738 e. The molecule has 20 heavy (non-hydrogen) atoms. The van der Waals surface area contributed by atoms with Crippen LogP contribution in [0.1, 0.15) is 25.2 Å². The Bertz CT molecular complexity index is 733. The largest absolute Gasteiger partial charge is 0.257 e. The Morgan fingerprint density at radius 2 is 1.70 bits per heavy atom. The van der Waals surface area contributed by atoms with E-state index in [1.807, 2.05) is 12.3 Å². The van der Waals surface area contributed by atoms with Gasteiger partial charge in [-0.05, 0) is 30.5 Å². The minimum Gasteiger partial charge on any atom is -0.257 e. The monoisotopic (exact) mass is 262 g/mol. The molecular weight excluding hydrogens is 244 g/mol. The van der Waals surface area contributed by atoms with E-state index in [1.165, 1.54) is 10.9 Å². The van der Waals surface area contributed by atoms with Crippen molar-refractivity contribution in [2.45, 2.75) is 26.7 Å². The van der Waals surface area contributed by atoms with E-state index in [0.717, 1.165) is 35.3 Å². The molecule has 0 N–H and O–H groups in total. The number of pyridine rings is 2. The van der Waals surface area contributed by atoms with Crippen LogP contribution in [0.4, 0.5) is 0 Å².